The molecule has 1 aromatic carbocycles. The molecule has 0 atom stereocenters. The fourth-order valence-electron chi connectivity index (χ4n) is 2.39. The van der Waals surface area contributed by atoms with Crippen molar-refractivity contribution >= 4 is 5.78 Å². The third kappa shape index (κ3) is 3.19. The number of hydrogen-bond acceptors (Lipinski definition) is 1. The minimum atomic E-state index is 0.291. The van der Waals surface area contributed by atoms with Crippen molar-refractivity contribution in [2.45, 2.75) is 44.9 Å². The molecule has 2 rings (SSSR count). The van der Waals surface area contributed by atoms with Crippen LogP contribution in [0.5, 0.6) is 0 Å². The average molecular weight is 215 g/mol. The van der Waals surface area contributed by atoms with E-state index in [-0.39, 0.29) is 0 Å². The first-order valence-electron chi connectivity index (χ1n) is 6.28. The van der Waals surface area contributed by atoms with E-state index >= 15 is 0 Å². The maximum Gasteiger partial charge on any atom is 0.162 e. The van der Waals surface area contributed by atoms with Crippen LogP contribution < -0.4 is 0 Å². The van der Waals surface area contributed by atoms with Gasteiger partial charge >= 0.3 is 0 Å². The predicted octanol–water partition coefficient (Wildman–Crippen LogP) is 4.19. The molecule has 1 heteroatoms. The zero-order valence-electron chi connectivity index (χ0n) is 9.74. The Bertz CT molecular complexity index is 323. The van der Waals surface area contributed by atoms with Crippen molar-refractivity contribution in [1.82, 2.24) is 0 Å². The molecular weight excluding hydrogens is 196 g/mol. The fraction of sp³-hybridized carbons (Fsp3) is 0.467. The maximum atomic E-state index is 11.8. The van der Waals surface area contributed by atoms with Gasteiger partial charge in [0.15, 0.2) is 5.78 Å². The van der Waals surface area contributed by atoms with E-state index in [0.717, 1.165) is 12.0 Å². The van der Waals surface area contributed by atoms with Crippen LogP contribution in [-0.2, 0) is 0 Å². The molecule has 1 nitrogen and oxygen atoms in total. The summed E-state index contributed by atoms with van der Waals surface area (Å²) in [5, 5.41) is 0. The van der Waals surface area contributed by atoms with Crippen LogP contribution in [0.15, 0.2) is 30.3 Å². The quantitative estimate of drug-likeness (QED) is 0.673. The molecule has 1 fully saturated rings. The van der Waals surface area contributed by atoms with Crippen LogP contribution in [0.1, 0.15) is 55.3 Å². The van der Waals surface area contributed by atoms with Gasteiger partial charge in [0.05, 0.1) is 0 Å². The monoisotopic (exact) mass is 215 g/mol. The minimum absolute atomic E-state index is 0.291. The summed E-state index contributed by atoms with van der Waals surface area (Å²) in [5.74, 6) is 1.97. The van der Waals surface area contributed by atoms with Crippen LogP contribution in [0, 0.1) is 5.92 Å². The Morgan fingerprint density at radius 2 is 1.75 bits per heavy atom. The molecule has 1 aliphatic carbocycles. The van der Waals surface area contributed by atoms with Crippen molar-refractivity contribution in [3.05, 3.63) is 41.8 Å². The highest BCUT2D eigenvalue weighted by molar-refractivity contribution is 5.95. The van der Waals surface area contributed by atoms with Gasteiger partial charge in [0.25, 0.3) is 0 Å². The number of carbonyl (C=O) groups is 1. The Morgan fingerprint density at radius 1 is 1.06 bits per heavy atom. The third-order valence-corrected chi connectivity index (χ3v) is 3.34. The lowest BCUT2D eigenvalue weighted by atomic mass is 9.98. The van der Waals surface area contributed by atoms with E-state index in [4.69, 9.17) is 0 Å². The van der Waals surface area contributed by atoms with Crippen molar-refractivity contribution in [2.75, 3.05) is 0 Å². The summed E-state index contributed by atoms with van der Waals surface area (Å²) < 4.78 is 0. The normalized spacial score (nSPS) is 16.5. The van der Waals surface area contributed by atoms with Gasteiger partial charge in [0.1, 0.15) is 0 Å². The topological polar surface area (TPSA) is 17.1 Å². The summed E-state index contributed by atoms with van der Waals surface area (Å²) in [6, 6.07) is 9.62. The van der Waals surface area contributed by atoms with Crippen LogP contribution >= 0.6 is 0 Å². The molecule has 1 radical (unpaired) electrons. The van der Waals surface area contributed by atoms with Gasteiger partial charge in [-0.15, -0.1) is 0 Å². The van der Waals surface area contributed by atoms with Gasteiger partial charge < -0.3 is 0 Å². The van der Waals surface area contributed by atoms with Gasteiger partial charge in [0, 0.05) is 12.0 Å². The molecule has 0 saturated heterocycles. The standard InChI is InChI=1S/C15H19O/c16-15(14-10-2-1-3-11-14)12-6-9-13-7-4-5-8-13/h1-3,10-11H,4-9,12H2. The molecule has 1 saturated carbocycles. The highest BCUT2D eigenvalue weighted by atomic mass is 16.1. The molecular formula is C15H19O. The zero-order valence-corrected chi connectivity index (χ0v) is 9.74. The minimum Gasteiger partial charge on any atom is -0.294 e. The average Bonchev–Trinajstić information content (AvgIpc) is 2.83. The lowest BCUT2D eigenvalue weighted by molar-refractivity contribution is 0.0979. The summed E-state index contributed by atoms with van der Waals surface area (Å²) >= 11 is 0. The van der Waals surface area contributed by atoms with Crippen LogP contribution in [0.3, 0.4) is 0 Å². The SMILES string of the molecule is O=C(CCC[C]1CCCC1)c1ccccc1. The zero-order chi connectivity index (χ0) is 11.2. The van der Waals surface area contributed by atoms with Crippen molar-refractivity contribution in [3.8, 4) is 0 Å². The van der Waals surface area contributed by atoms with Gasteiger partial charge in [-0.05, 0) is 31.6 Å². The molecule has 0 heterocycles. The molecule has 0 amide bonds. The smallest absolute Gasteiger partial charge is 0.162 e. The lowest BCUT2D eigenvalue weighted by Gasteiger charge is -2.06. The van der Waals surface area contributed by atoms with E-state index < -0.39 is 0 Å². The molecule has 0 unspecified atom stereocenters. The molecule has 0 aromatic heterocycles. The fourth-order valence-corrected chi connectivity index (χ4v) is 2.39. The molecule has 16 heavy (non-hydrogen) atoms. The second-order valence-electron chi connectivity index (χ2n) is 4.60. The number of rotatable bonds is 5. The van der Waals surface area contributed by atoms with E-state index in [0.29, 0.717) is 12.2 Å². The molecule has 85 valence electrons. The predicted molar refractivity (Wildman–Crippen MR) is 66.3 cm³/mol. The second-order valence-corrected chi connectivity index (χ2v) is 4.60. The first kappa shape index (κ1) is 11.4. The van der Waals surface area contributed by atoms with Crippen molar-refractivity contribution in [2.24, 2.45) is 0 Å². The van der Waals surface area contributed by atoms with Crippen molar-refractivity contribution < 1.29 is 4.79 Å². The first-order valence-corrected chi connectivity index (χ1v) is 6.28. The van der Waals surface area contributed by atoms with Gasteiger partial charge in [-0.2, -0.15) is 0 Å². The van der Waals surface area contributed by atoms with Gasteiger partial charge in [0.2, 0.25) is 0 Å². The maximum absolute atomic E-state index is 11.8. The van der Waals surface area contributed by atoms with E-state index in [1.54, 1.807) is 5.92 Å². The Labute approximate surface area is 97.9 Å². The lowest BCUT2D eigenvalue weighted by Crippen LogP contribution is -2.00. The second kappa shape index (κ2) is 5.83. The van der Waals surface area contributed by atoms with Crippen LogP contribution in [0.4, 0.5) is 0 Å². The number of hydrogen-bond donors (Lipinski definition) is 0. The molecule has 0 bridgehead atoms. The number of Topliss-reactive ketones (excluding diaryl/α,β-unsaturated/α-hetero) is 1. The Balaban J connectivity index is 1.71. The van der Waals surface area contributed by atoms with Crippen LogP contribution in [-0.4, -0.2) is 5.78 Å². The van der Waals surface area contributed by atoms with E-state index in [1.807, 2.05) is 30.3 Å². The summed E-state index contributed by atoms with van der Waals surface area (Å²) in [7, 11) is 0. The third-order valence-electron chi connectivity index (χ3n) is 3.34. The summed E-state index contributed by atoms with van der Waals surface area (Å²) in [5.41, 5.74) is 0.860. The van der Waals surface area contributed by atoms with Crippen molar-refractivity contribution in [3.63, 3.8) is 0 Å². The molecule has 1 aliphatic rings. The summed E-state index contributed by atoms with van der Waals surface area (Å²) in [6.45, 7) is 0. The Kier molecular flexibility index (Phi) is 4.15. The summed E-state index contributed by atoms with van der Waals surface area (Å²) in [4.78, 5) is 11.8. The molecule has 0 spiro atoms. The van der Waals surface area contributed by atoms with Gasteiger partial charge in [-0.1, -0.05) is 43.2 Å². The molecule has 0 aliphatic heterocycles. The van der Waals surface area contributed by atoms with Gasteiger partial charge in [-0.3, -0.25) is 4.79 Å². The van der Waals surface area contributed by atoms with E-state index in [1.165, 1.54) is 32.1 Å². The first-order chi connectivity index (χ1) is 7.86. The number of ketones is 1. The van der Waals surface area contributed by atoms with Crippen molar-refractivity contribution in [1.29, 1.82) is 0 Å². The van der Waals surface area contributed by atoms with E-state index in [9.17, 15) is 4.79 Å². The highest BCUT2D eigenvalue weighted by Crippen LogP contribution is 2.31. The Hall–Kier alpha value is -1.11. The van der Waals surface area contributed by atoms with Crippen LogP contribution in [0.2, 0.25) is 0 Å². The molecule has 0 N–H and O–H groups in total. The Morgan fingerprint density at radius 3 is 2.44 bits per heavy atom. The van der Waals surface area contributed by atoms with E-state index in [2.05, 4.69) is 0 Å². The largest absolute Gasteiger partial charge is 0.294 e. The van der Waals surface area contributed by atoms with Gasteiger partial charge in [-0.25, -0.2) is 0 Å². The highest BCUT2D eigenvalue weighted by Gasteiger charge is 2.15. The molecule has 1 aromatic rings. The van der Waals surface area contributed by atoms with Crippen LogP contribution in [0.25, 0.3) is 0 Å². The number of benzene rings is 1. The summed E-state index contributed by atoms with van der Waals surface area (Å²) in [6.07, 6.45) is 8.23. The number of carbonyl (C=O) groups excluding carboxylic acids is 1.